The van der Waals surface area contributed by atoms with E-state index in [1.54, 1.807) is 0 Å². The molecule has 2 nitrogen and oxygen atoms in total. The largest absolute Gasteiger partial charge is 0.491 e. The summed E-state index contributed by atoms with van der Waals surface area (Å²) in [6.07, 6.45) is 9.10. The van der Waals surface area contributed by atoms with E-state index >= 15 is 0 Å². The molecule has 0 spiro atoms. The van der Waals surface area contributed by atoms with Gasteiger partial charge in [0.15, 0.2) is 0 Å². The van der Waals surface area contributed by atoms with E-state index in [1.807, 2.05) is 6.92 Å². The molecule has 0 amide bonds. The van der Waals surface area contributed by atoms with Crippen molar-refractivity contribution < 1.29 is 9.84 Å². The number of rotatable bonds is 5. The van der Waals surface area contributed by atoms with Gasteiger partial charge >= 0.3 is 0 Å². The molecular weight excluding hydrogens is 272 g/mol. The maximum absolute atomic E-state index is 9.60. The zero-order valence-electron chi connectivity index (χ0n) is 13.6. The highest BCUT2D eigenvalue weighted by Gasteiger charge is 2.51. The molecule has 1 N–H and O–H groups in total. The van der Waals surface area contributed by atoms with Gasteiger partial charge in [0.25, 0.3) is 0 Å². The molecule has 5 rings (SSSR count). The second-order valence-corrected chi connectivity index (χ2v) is 8.10. The van der Waals surface area contributed by atoms with Crippen molar-refractivity contribution in [2.75, 3.05) is 6.61 Å². The van der Waals surface area contributed by atoms with Crippen LogP contribution in [-0.2, 0) is 5.41 Å². The highest BCUT2D eigenvalue weighted by Crippen LogP contribution is 2.60. The summed E-state index contributed by atoms with van der Waals surface area (Å²) in [5.41, 5.74) is 2.01. The molecule has 4 saturated carbocycles. The van der Waals surface area contributed by atoms with Gasteiger partial charge in [0.05, 0.1) is 6.10 Å². The lowest BCUT2D eigenvalue weighted by Crippen LogP contribution is -2.48. The molecule has 22 heavy (non-hydrogen) atoms. The minimum absolute atomic E-state index is 0.358. The normalized spacial score (nSPS) is 37.3. The molecule has 0 saturated heterocycles. The minimum atomic E-state index is -0.358. The number of aliphatic hydroxyl groups is 1. The van der Waals surface area contributed by atoms with E-state index in [2.05, 4.69) is 24.3 Å². The van der Waals surface area contributed by atoms with E-state index in [4.69, 9.17) is 4.74 Å². The Morgan fingerprint density at radius 1 is 1.05 bits per heavy atom. The molecule has 1 aromatic rings. The summed E-state index contributed by atoms with van der Waals surface area (Å²) in [4.78, 5) is 0. The second kappa shape index (κ2) is 5.56. The molecule has 0 aliphatic heterocycles. The van der Waals surface area contributed by atoms with Crippen molar-refractivity contribution in [3.63, 3.8) is 0 Å². The molecule has 0 aromatic heterocycles. The predicted molar refractivity (Wildman–Crippen MR) is 88.1 cm³/mol. The van der Waals surface area contributed by atoms with Gasteiger partial charge in [-0.1, -0.05) is 19.1 Å². The fraction of sp³-hybridized carbons (Fsp3) is 0.700. The Morgan fingerprint density at radius 3 is 2.09 bits per heavy atom. The van der Waals surface area contributed by atoms with Gasteiger partial charge in [0, 0.05) is 0 Å². The van der Waals surface area contributed by atoms with Gasteiger partial charge in [-0.2, -0.15) is 0 Å². The van der Waals surface area contributed by atoms with Crippen molar-refractivity contribution in [1.29, 1.82) is 0 Å². The lowest BCUT2D eigenvalue weighted by molar-refractivity contribution is -0.00521. The molecule has 1 atom stereocenters. The van der Waals surface area contributed by atoms with Gasteiger partial charge in [-0.05, 0) is 85.8 Å². The van der Waals surface area contributed by atoms with E-state index < -0.39 is 0 Å². The summed E-state index contributed by atoms with van der Waals surface area (Å²) in [6, 6.07) is 8.80. The molecule has 0 heterocycles. The Balaban J connectivity index is 1.49. The Kier molecular flexibility index (Phi) is 3.68. The third-order valence-electron chi connectivity index (χ3n) is 6.42. The third-order valence-corrected chi connectivity index (χ3v) is 6.42. The topological polar surface area (TPSA) is 29.5 Å². The smallest absolute Gasteiger partial charge is 0.119 e. The highest BCUT2D eigenvalue weighted by molar-refractivity contribution is 5.34. The zero-order chi connectivity index (χ0) is 15.2. The van der Waals surface area contributed by atoms with Crippen LogP contribution < -0.4 is 4.74 Å². The van der Waals surface area contributed by atoms with Gasteiger partial charge < -0.3 is 9.84 Å². The van der Waals surface area contributed by atoms with E-state index in [0.717, 1.165) is 29.9 Å². The maximum atomic E-state index is 9.60. The van der Waals surface area contributed by atoms with Crippen LogP contribution in [0.15, 0.2) is 24.3 Å². The van der Waals surface area contributed by atoms with E-state index in [1.165, 1.54) is 44.1 Å². The van der Waals surface area contributed by atoms with E-state index in [-0.39, 0.29) is 6.10 Å². The number of ether oxygens (including phenoxy) is 1. The van der Waals surface area contributed by atoms with Crippen LogP contribution in [0.4, 0.5) is 0 Å². The molecule has 2 heteroatoms. The quantitative estimate of drug-likeness (QED) is 0.878. The lowest BCUT2D eigenvalue weighted by atomic mass is 9.48. The van der Waals surface area contributed by atoms with Crippen molar-refractivity contribution in [3.8, 4) is 5.75 Å². The van der Waals surface area contributed by atoms with Crippen LogP contribution in [0, 0.1) is 17.8 Å². The summed E-state index contributed by atoms with van der Waals surface area (Å²) < 4.78 is 5.68. The molecule has 4 aliphatic rings. The average Bonchev–Trinajstić information content (AvgIpc) is 2.51. The Bertz CT molecular complexity index is 484. The van der Waals surface area contributed by atoms with Crippen LogP contribution in [0.5, 0.6) is 5.75 Å². The Morgan fingerprint density at radius 2 is 1.59 bits per heavy atom. The molecular formula is C20H28O2. The number of aliphatic hydroxyl groups excluding tert-OH is 1. The maximum Gasteiger partial charge on any atom is 0.119 e. The second-order valence-electron chi connectivity index (χ2n) is 8.10. The fourth-order valence-corrected chi connectivity index (χ4v) is 5.68. The summed E-state index contributed by atoms with van der Waals surface area (Å²) in [6.45, 7) is 2.37. The molecule has 4 aliphatic carbocycles. The zero-order valence-corrected chi connectivity index (χ0v) is 13.6. The van der Waals surface area contributed by atoms with Crippen molar-refractivity contribution in [2.45, 2.75) is 63.4 Å². The first-order valence-electron chi connectivity index (χ1n) is 9.08. The molecule has 4 bridgehead atoms. The molecule has 4 fully saturated rings. The van der Waals surface area contributed by atoms with Crippen molar-refractivity contribution >= 4 is 0 Å². The lowest BCUT2D eigenvalue weighted by Gasteiger charge is -2.57. The first kappa shape index (κ1) is 14.6. The first-order chi connectivity index (χ1) is 10.7. The van der Waals surface area contributed by atoms with Crippen molar-refractivity contribution in [2.24, 2.45) is 17.8 Å². The van der Waals surface area contributed by atoms with Crippen LogP contribution in [0.3, 0.4) is 0 Å². The first-order valence-corrected chi connectivity index (χ1v) is 9.08. The third kappa shape index (κ3) is 2.56. The Labute approximate surface area is 133 Å². The SMILES string of the molecule is CCC(O)COc1ccc(C23CC4CC(CC(C4)C2)C3)cc1. The number of hydrogen-bond donors (Lipinski definition) is 1. The fourth-order valence-electron chi connectivity index (χ4n) is 5.68. The summed E-state index contributed by atoms with van der Waals surface area (Å²) >= 11 is 0. The van der Waals surface area contributed by atoms with Gasteiger partial charge in [0.2, 0.25) is 0 Å². The monoisotopic (exact) mass is 300 g/mol. The minimum Gasteiger partial charge on any atom is -0.491 e. The summed E-state index contributed by atoms with van der Waals surface area (Å²) in [5.74, 6) is 3.85. The highest BCUT2D eigenvalue weighted by atomic mass is 16.5. The molecule has 120 valence electrons. The van der Waals surface area contributed by atoms with Gasteiger partial charge in [-0.3, -0.25) is 0 Å². The van der Waals surface area contributed by atoms with Crippen LogP contribution >= 0.6 is 0 Å². The standard InChI is InChI=1S/C20H28O2/c1-2-18(21)13-22-19-5-3-17(4-6-19)20-10-14-7-15(11-20)9-16(8-14)12-20/h3-6,14-16,18,21H,2,7-13H2,1H3. The van der Waals surface area contributed by atoms with Crippen LogP contribution in [0.25, 0.3) is 0 Å². The molecule has 1 unspecified atom stereocenters. The average molecular weight is 300 g/mol. The van der Waals surface area contributed by atoms with Crippen LogP contribution in [0.2, 0.25) is 0 Å². The molecule has 0 radical (unpaired) electrons. The van der Waals surface area contributed by atoms with Gasteiger partial charge in [-0.15, -0.1) is 0 Å². The molecule has 1 aromatic carbocycles. The Hall–Kier alpha value is -1.02. The number of hydrogen-bond acceptors (Lipinski definition) is 2. The summed E-state index contributed by atoms with van der Waals surface area (Å²) in [7, 11) is 0. The number of benzene rings is 1. The van der Waals surface area contributed by atoms with Crippen molar-refractivity contribution in [1.82, 2.24) is 0 Å². The van der Waals surface area contributed by atoms with E-state index in [0.29, 0.717) is 12.0 Å². The van der Waals surface area contributed by atoms with E-state index in [9.17, 15) is 5.11 Å². The van der Waals surface area contributed by atoms with Crippen molar-refractivity contribution in [3.05, 3.63) is 29.8 Å². The summed E-state index contributed by atoms with van der Waals surface area (Å²) in [5, 5.41) is 9.60. The predicted octanol–water partition coefficient (Wildman–Crippen LogP) is 4.30. The van der Waals surface area contributed by atoms with Crippen LogP contribution in [-0.4, -0.2) is 17.8 Å². The van der Waals surface area contributed by atoms with Gasteiger partial charge in [0.1, 0.15) is 12.4 Å². The van der Waals surface area contributed by atoms with Gasteiger partial charge in [-0.25, -0.2) is 0 Å². The van der Waals surface area contributed by atoms with Crippen LogP contribution in [0.1, 0.15) is 57.4 Å².